The van der Waals surface area contributed by atoms with Crippen LogP contribution in [0.1, 0.15) is 30.6 Å². The summed E-state index contributed by atoms with van der Waals surface area (Å²) in [6.07, 6.45) is 1.28. The van der Waals surface area contributed by atoms with Gasteiger partial charge in [-0.1, -0.05) is 53.9 Å². The predicted molar refractivity (Wildman–Crippen MR) is 108 cm³/mol. The van der Waals surface area contributed by atoms with Crippen molar-refractivity contribution in [2.24, 2.45) is 0 Å². The summed E-state index contributed by atoms with van der Waals surface area (Å²) in [5.41, 5.74) is 1.90. The van der Waals surface area contributed by atoms with Crippen LogP contribution in [0.4, 0.5) is 0 Å². The number of hydrogen-bond acceptors (Lipinski definition) is 3. The quantitative estimate of drug-likeness (QED) is 0.578. The molecule has 2 aromatic carbocycles. The van der Waals surface area contributed by atoms with Gasteiger partial charge in [-0.15, -0.1) is 0 Å². The second-order valence-corrected chi connectivity index (χ2v) is 7.62. The van der Waals surface area contributed by atoms with E-state index in [1.54, 1.807) is 12.1 Å². The van der Waals surface area contributed by atoms with Crippen LogP contribution < -0.4 is 4.74 Å². The summed E-state index contributed by atoms with van der Waals surface area (Å²) in [4.78, 5) is 2.45. The topological polar surface area (TPSA) is 21.7 Å². The Morgan fingerprint density at radius 1 is 1.12 bits per heavy atom. The molecule has 6 heteroatoms. The maximum absolute atomic E-state index is 6.20. The van der Waals surface area contributed by atoms with Crippen molar-refractivity contribution in [2.45, 2.75) is 26.1 Å². The predicted octanol–water partition coefficient (Wildman–Crippen LogP) is 6.01. The Hall–Kier alpha value is -0.970. The molecule has 3 rings (SSSR count). The van der Waals surface area contributed by atoms with Crippen LogP contribution in [-0.4, -0.2) is 31.1 Å². The maximum atomic E-state index is 6.20. The Kier molecular flexibility index (Phi) is 7.07. The molecule has 1 atom stereocenters. The molecule has 0 N–H and O–H groups in total. The SMILES string of the molecule is CCCN1CCOC(c2ccc(OCc3c(Cl)cc(Cl)cc3Cl)cc2)C1. The van der Waals surface area contributed by atoms with Crippen LogP contribution in [0, 0.1) is 0 Å². The fraction of sp³-hybridized carbons (Fsp3) is 0.400. The molecule has 3 nitrogen and oxygen atoms in total. The van der Waals surface area contributed by atoms with Crippen LogP contribution in [0.5, 0.6) is 5.75 Å². The number of benzene rings is 2. The molecule has 2 aromatic rings. The minimum Gasteiger partial charge on any atom is -0.489 e. The largest absolute Gasteiger partial charge is 0.489 e. The molecule has 1 heterocycles. The van der Waals surface area contributed by atoms with Gasteiger partial charge >= 0.3 is 0 Å². The van der Waals surface area contributed by atoms with E-state index in [0.29, 0.717) is 21.7 Å². The summed E-state index contributed by atoms with van der Waals surface area (Å²) < 4.78 is 11.8. The zero-order valence-corrected chi connectivity index (χ0v) is 16.9. The Labute approximate surface area is 169 Å². The smallest absolute Gasteiger partial charge is 0.119 e. The first-order chi connectivity index (χ1) is 12.6. The van der Waals surface area contributed by atoms with E-state index < -0.39 is 0 Å². The molecular formula is C20H22Cl3NO2. The Bertz CT molecular complexity index is 711. The Balaban J connectivity index is 1.61. The summed E-state index contributed by atoms with van der Waals surface area (Å²) in [6, 6.07) is 11.4. The first kappa shape index (κ1) is 19.8. The van der Waals surface area contributed by atoms with Gasteiger partial charge in [0, 0.05) is 23.7 Å². The van der Waals surface area contributed by atoms with Gasteiger partial charge in [0.25, 0.3) is 0 Å². The van der Waals surface area contributed by atoms with E-state index in [1.807, 2.05) is 12.1 Å². The van der Waals surface area contributed by atoms with Crippen molar-refractivity contribution in [1.82, 2.24) is 4.90 Å². The second kappa shape index (κ2) is 9.29. The Morgan fingerprint density at radius 3 is 2.46 bits per heavy atom. The molecular weight excluding hydrogens is 393 g/mol. The summed E-state index contributed by atoms with van der Waals surface area (Å²) in [5.74, 6) is 0.761. The highest BCUT2D eigenvalue weighted by molar-refractivity contribution is 6.39. The second-order valence-electron chi connectivity index (χ2n) is 6.37. The summed E-state index contributed by atoms with van der Waals surface area (Å²) in [7, 11) is 0. The van der Waals surface area contributed by atoms with E-state index in [4.69, 9.17) is 44.3 Å². The van der Waals surface area contributed by atoms with Gasteiger partial charge < -0.3 is 9.47 Å². The minimum atomic E-state index is 0.115. The standard InChI is InChI=1S/C20H22Cl3NO2/c1-2-7-24-8-9-25-20(12-24)14-3-5-16(6-4-14)26-13-17-18(22)10-15(21)11-19(17)23/h3-6,10-11,20H,2,7-9,12-13H2,1H3. The van der Waals surface area contributed by atoms with Crippen molar-refractivity contribution in [1.29, 1.82) is 0 Å². The maximum Gasteiger partial charge on any atom is 0.119 e. The third kappa shape index (κ3) is 5.05. The van der Waals surface area contributed by atoms with Crippen LogP contribution in [-0.2, 0) is 11.3 Å². The van der Waals surface area contributed by atoms with Crippen molar-refractivity contribution in [3.05, 3.63) is 62.6 Å². The van der Waals surface area contributed by atoms with Gasteiger partial charge in [0.2, 0.25) is 0 Å². The summed E-state index contributed by atoms with van der Waals surface area (Å²) in [6.45, 7) is 6.33. The van der Waals surface area contributed by atoms with Crippen LogP contribution in [0.2, 0.25) is 15.1 Å². The first-order valence-electron chi connectivity index (χ1n) is 8.77. The zero-order valence-electron chi connectivity index (χ0n) is 14.7. The molecule has 1 aliphatic rings. The minimum absolute atomic E-state index is 0.115. The van der Waals surface area contributed by atoms with Gasteiger partial charge in [-0.25, -0.2) is 0 Å². The van der Waals surface area contributed by atoms with Crippen molar-refractivity contribution in [3.63, 3.8) is 0 Å². The fourth-order valence-electron chi connectivity index (χ4n) is 3.07. The van der Waals surface area contributed by atoms with Crippen LogP contribution >= 0.6 is 34.8 Å². The highest BCUT2D eigenvalue weighted by Crippen LogP contribution is 2.30. The molecule has 0 bridgehead atoms. The number of rotatable bonds is 6. The third-order valence-corrected chi connectivity index (χ3v) is 5.32. The lowest BCUT2D eigenvalue weighted by molar-refractivity contribution is -0.0298. The molecule has 0 aliphatic carbocycles. The van der Waals surface area contributed by atoms with Crippen LogP contribution in [0.25, 0.3) is 0 Å². The molecule has 0 saturated carbocycles. The summed E-state index contributed by atoms with van der Waals surface area (Å²) >= 11 is 18.3. The number of nitrogens with zero attached hydrogens (tertiary/aromatic N) is 1. The van der Waals surface area contributed by atoms with Gasteiger partial charge in [0.05, 0.1) is 22.8 Å². The van der Waals surface area contributed by atoms with Crippen molar-refractivity contribution < 1.29 is 9.47 Å². The van der Waals surface area contributed by atoms with E-state index in [0.717, 1.165) is 44.0 Å². The van der Waals surface area contributed by atoms with Gasteiger partial charge in [-0.2, -0.15) is 0 Å². The van der Waals surface area contributed by atoms with Gasteiger partial charge in [-0.3, -0.25) is 4.90 Å². The molecule has 0 radical (unpaired) electrons. The molecule has 1 unspecified atom stereocenters. The van der Waals surface area contributed by atoms with E-state index in [2.05, 4.69) is 24.0 Å². The van der Waals surface area contributed by atoms with Crippen molar-refractivity contribution in [2.75, 3.05) is 26.2 Å². The van der Waals surface area contributed by atoms with Gasteiger partial charge in [0.1, 0.15) is 12.4 Å². The molecule has 1 fully saturated rings. The average Bonchev–Trinajstić information content (AvgIpc) is 2.62. The van der Waals surface area contributed by atoms with Crippen molar-refractivity contribution >= 4 is 34.8 Å². The lowest BCUT2D eigenvalue weighted by atomic mass is 10.1. The third-order valence-electron chi connectivity index (χ3n) is 4.43. The average molecular weight is 415 g/mol. The van der Waals surface area contributed by atoms with Crippen LogP contribution in [0.15, 0.2) is 36.4 Å². The number of hydrogen-bond donors (Lipinski definition) is 0. The fourth-order valence-corrected chi connectivity index (χ4v) is 3.99. The van der Waals surface area contributed by atoms with E-state index in [1.165, 1.54) is 5.56 Å². The normalized spacial score (nSPS) is 18.1. The van der Waals surface area contributed by atoms with E-state index in [-0.39, 0.29) is 6.10 Å². The first-order valence-corrected chi connectivity index (χ1v) is 9.90. The van der Waals surface area contributed by atoms with Gasteiger partial charge in [-0.05, 0) is 42.8 Å². The molecule has 1 aliphatic heterocycles. The number of morpholine rings is 1. The lowest BCUT2D eigenvalue weighted by Crippen LogP contribution is -2.38. The summed E-state index contributed by atoms with van der Waals surface area (Å²) in [5, 5.41) is 1.52. The molecule has 0 aromatic heterocycles. The zero-order chi connectivity index (χ0) is 18.5. The monoisotopic (exact) mass is 413 g/mol. The molecule has 0 spiro atoms. The van der Waals surface area contributed by atoms with Crippen LogP contribution in [0.3, 0.4) is 0 Å². The van der Waals surface area contributed by atoms with E-state index >= 15 is 0 Å². The molecule has 26 heavy (non-hydrogen) atoms. The highest BCUT2D eigenvalue weighted by atomic mass is 35.5. The molecule has 1 saturated heterocycles. The number of halogens is 3. The molecule has 140 valence electrons. The van der Waals surface area contributed by atoms with Gasteiger partial charge in [0.15, 0.2) is 0 Å². The highest BCUT2D eigenvalue weighted by Gasteiger charge is 2.21. The Morgan fingerprint density at radius 2 is 1.81 bits per heavy atom. The molecule has 0 amide bonds. The van der Waals surface area contributed by atoms with E-state index in [9.17, 15) is 0 Å². The number of ether oxygens (including phenoxy) is 2. The van der Waals surface area contributed by atoms with Crippen molar-refractivity contribution in [3.8, 4) is 5.75 Å². The lowest BCUT2D eigenvalue weighted by Gasteiger charge is -2.33.